The van der Waals surface area contributed by atoms with Gasteiger partial charge in [0.05, 0.1) is 12.4 Å². The highest BCUT2D eigenvalue weighted by atomic mass is 16.5. The average molecular weight is 290 g/mol. The first-order valence-electron chi connectivity index (χ1n) is 7.59. The Hall–Kier alpha value is -1.89. The molecule has 3 rings (SSSR count). The van der Waals surface area contributed by atoms with Crippen LogP contribution in [-0.4, -0.2) is 52.3 Å². The van der Waals surface area contributed by atoms with E-state index in [0.717, 1.165) is 50.4 Å². The zero-order valence-electron chi connectivity index (χ0n) is 12.6. The number of ether oxygens (including phenoxy) is 1. The van der Waals surface area contributed by atoms with Crippen LogP contribution >= 0.6 is 0 Å². The van der Waals surface area contributed by atoms with Crippen LogP contribution in [0, 0.1) is 0 Å². The Kier molecular flexibility index (Phi) is 4.19. The van der Waals surface area contributed by atoms with Gasteiger partial charge < -0.3 is 19.9 Å². The maximum atomic E-state index is 5.72. The van der Waals surface area contributed by atoms with Gasteiger partial charge in [0.2, 0.25) is 5.95 Å². The van der Waals surface area contributed by atoms with Gasteiger partial charge in [0, 0.05) is 26.2 Å². The van der Waals surface area contributed by atoms with Crippen LogP contribution in [0.2, 0.25) is 0 Å². The van der Waals surface area contributed by atoms with E-state index >= 15 is 0 Å². The zero-order valence-corrected chi connectivity index (χ0v) is 12.6. The molecule has 0 radical (unpaired) electrons. The highest BCUT2D eigenvalue weighted by Gasteiger charge is 2.20. The summed E-state index contributed by atoms with van der Waals surface area (Å²) >= 11 is 0. The summed E-state index contributed by atoms with van der Waals surface area (Å²) in [5.41, 5.74) is 1.60. The molecule has 1 unspecified atom stereocenters. The Balaban J connectivity index is 1.96. The van der Waals surface area contributed by atoms with Gasteiger partial charge in [-0.1, -0.05) is 6.92 Å². The molecule has 1 aliphatic heterocycles. The predicted octanol–water partition coefficient (Wildman–Crippen LogP) is 1.79. The van der Waals surface area contributed by atoms with E-state index < -0.39 is 0 Å². The molecule has 1 fully saturated rings. The van der Waals surface area contributed by atoms with Crippen LogP contribution < -0.4 is 10.2 Å². The Labute approximate surface area is 124 Å². The van der Waals surface area contributed by atoms with Crippen molar-refractivity contribution in [1.82, 2.24) is 19.9 Å². The third-order valence-electron chi connectivity index (χ3n) is 3.55. The third kappa shape index (κ3) is 3.07. The highest BCUT2D eigenvalue weighted by Crippen LogP contribution is 2.24. The Bertz CT molecular complexity index is 598. The lowest BCUT2D eigenvalue weighted by molar-refractivity contribution is 0.0820. The van der Waals surface area contributed by atoms with Gasteiger partial charge >= 0.3 is 0 Å². The van der Waals surface area contributed by atoms with Crippen LogP contribution in [0.4, 0.5) is 11.8 Å². The Morgan fingerprint density at radius 2 is 2.38 bits per heavy atom. The first kappa shape index (κ1) is 14.1. The monoisotopic (exact) mass is 290 g/mol. The van der Waals surface area contributed by atoms with E-state index in [0.29, 0.717) is 11.6 Å². The smallest absolute Gasteiger partial charge is 0.226 e. The predicted molar refractivity (Wildman–Crippen MR) is 82.7 cm³/mol. The standard InChI is InChI=1S/C14H22N6O/c1-3-5-15-14-18-12-11(16-9-17-12)13(19-14)20-6-4-7-21-10(2)8-20/h9-10H,3-8H2,1-2H3,(H2,15,16,17,18,19). The van der Waals surface area contributed by atoms with Crippen molar-refractivity contribution in [2.24, 2.45) is 0 Å². The van der Waals surface area contributed by atoms with Gasteiger partial charge in [0.1, 0.15) is 5.52 Å². The maximum absolute atomic E-state index is 5.72. The lowest BCUT2D eigenvalue weighted by Gasteiger charge is -2.23. The van der Waals surface area contributed by atoms with Crippen molar-refractivity contribution in [2.45, 2.75) is 32.8 Å². The molecule has 2 aromatic rings. The maximum Gasteiger partial charge on any atom is 0.226 e. The Morgan fingerprint density at radius 3 is 3.24 bits per heavy atom. The molecule has 7 nitrogen and oxygen atoms in total. The van der Waals surface area contributed by atoms with E-state index in [1.165, 1.54) is 0 Å². The summed E-state index contributed by atoms with van der Waals surface area (Å²) in [5.74, 6) is 1.55. The summed E-state index contributed by atoms with van der Waals surface area (Å²) in [4.78, 5) is 18.8. The van der Waals surface area contributed by atoms with Crippen LogP contribution in [0.25, 0.3) is 11.2 Å². The van der Waals surface area contributed by atoms with E-state index in [9.17, 15) is 0 Å². The lowest BCUT2D eigenvalue weighted by atomic mass is 10.3. The first-order chi connectivity index (χ1) is 10.3. The van der Waals surface area contributed by atoms with E-state index in [-0.39, 0.29) is 6.10 Å². The molecule has 0 aromatic carbocycles. The minimum atomic E-state index is 0.201. The van der Waals surface area contributed by atoms with Crippen molar-refractivity contribution in [3.63, 3.8) is 0 Å². The van der Waals surface area contributed by atoms with Crippen LogP contribution in [0.5, 0.6) is 0 Å². The second kappa shape index (κ2) is 6.26. The number of nitrogens with one attached hydrogen (secondary N) is 2. The fourth-order valence-electron chi connectivity index (χ4n) is 2.55. The van der Waals surface area contributed by atoms with E-state index in [1.807, 2.05) is 0 Å². The first-order valence-corrected chi connectivity index (χ1v) is 7.59. The van der Waals surface area contributed by atoms with E-state index in [1.54, 1.807) is 6.33 Å². The molecule has 7 heteroatoms. The molecule has 0 bridgehead atoms. The highest BCUT2D eigenvalue weighted by molar-refractivity contribution is 5.84. The second-order valence-electron chi connectivity index (χ2n) is 5.38. The molecule has 1 atom stereocenters. The van der Waals surface area contributed by atoms with Crippen molar-refractivity contribution in [2.75, 3.05) is 36.5 Å². The topological polar surface area (TPSA) is 79.0 Å². The van der Waals surface area contributed by atoms with Gasteiger partial charge in [-0.2, -0.15) is 9.97 Å². The lowest BCUT2D eigenvalue weighted by Crippen LogP contribution is -2.31. The molecule has 21 heavy (non-hydrogen) atoms. The molecule has 0 aliphatic carbocycles. The minimum absolute atomic E-state index is 0.201. The Morgan fingerprint density at radius 1 is 1.48 bits per heavy atom. The fourth-order valence-corrected chi connectivity index (χ4v) is 2.55. The number of anilines is 2. The average Bonchev–Trinajstić information content (AvgIpc) is 2.85. The van der Waals surface area contributed by atoms with Gasteiger partial charge in [-0.05, 0) is 19.8 Å². The van der Waals surface area contributed by atoms with Crippen LogP contribution in [-0.2, 0) is 4.74 Å². The summed E-state index contributed by atoms with van der Waals surface area (Å²) in [6.45, 7) is 7.64. The van der Waals surface area contributed by atoms with Crippen molar-refractivity contribution < 1.29 is 4.74 Å². The number of hydrogen-bond acceptors (Lipinski definition) is 6. The minimum Gasteiger partial charge on any atom is -0.377 e. The number of fused-ring (bicyclic) bond motifs is 1. The molecular formula is C14H22N6O. The number of aromatic nitrogens is 4. The van der Waals surface area contributed by atoms with Gasteiger partial charge in [-0.3, -0.25) is 0 Å². The largest absolute Gasteiger partial charge is 0.377 e. The fraction of sp³-hybridized carbons (Fsp3) is 0.643. The van der Waals surface area contributed by atoms with Crippen molar-refractivity contribution in [1.29, 1.82) is 0 Å². The number of hydrogen-bond donors (Lipinski definition) is 2. The number of H-pyrrole nitrogens is 1. The summed E-state index contributed by atoms with van der Waals surface area (Å²) < 4.78 is 5.72. The van der Waals surface area contributed by atoms with Crippen LogP contribution in [0.15, 0.2) is 6.33 Å². The second-order valence-corrected chi connectivity index (χ2v) is 5.38. The number of aromatic amines is 1. The van der Waals surface area contributed by atoms with Crippen molar-refractivity contribution >= 4 is 22.9 Å². The molecule has 1 aliphatic rings. The molecule has 2 aromatic heterocycles. The quantitative estimate of drug-likeness (QED) is 0.893. The molecule has 0 saturated carbocycles. The summed E-state index contributed by atoms with van der Waals surface area (Å²) in [7, 11) is 0. The molecule has 0 amide bonds. The van der Waals surface area contributed by atoms with Crippen molar-refractivity contribution in [3.8, 4) is 0 Å². The summed E-state index contributed by atoms with van der Waals surface area (Å²) in [5, 5.41) is 3.25. The summed E-state index contributed by atoms with van der Waals surface area (Å²) in [6.07, 6.45) is 3.91. The molecule has 3 heterocycles. The van der Waals surface area contributed by atoms with E-state index in [4.69, 9.17) is 4.74 Å². The SMILES string of the molecule is CCCNc1nc(N2CCCOC(C)C2)c2[nH]cnc2n1. The van der Waals surface area contributed by atoms with Gasteiger partial charge in [0.25, 0.3) is 0 Å². The molecule has 2 N–H and O–H groups in total. The molecule has 1 saturated heterocycles. The van der Waals surface area contributed by atoms with E-state index in [2.05, 4.69) is 44.0 Å². The van der Waals surface area contributed by atoms with Gasteiger partial charge in [-0.25, -0.2) is 4.98 Å². The third-order valence-corrected chi connectivity index (χ3v) is 3.55. The molecular weight excluding hydrogens is 268 g/mol. The number of imidazole rings is 1. The zero-order chi connectivity index (χ0) is 14.7. The number of nitrogens with zero attached hydrogens (tertiary/aromatic N) is 4. The van der Waals surface area contributed by atoms with Crippen LogP contribution in [0.3, 0.4) is 0 Å². The molecule has 114 valence electrons. The van der Waals surface area contributed by atoms with Gasteiger partial charge in [0.15, 0.2) is 11.5 Å². The van der Waals surface area contributed by atoms with Crippen molar-refractivity contribution in [3.05, 3.63) is 6.33 Å². The normalized spacial score (nSPS) is 19.7. The summed E-state index contributed by atoms with van der Waals surface area (Å²) in [6, 6.07) is 0. The number of rotatable bonds is 4. The van der Waals surface area contributed by atoms with Gasteiger partial charge in [-0.15, -0.1) is 0 Å². The van der Waals surface area contributed by atoms with Crippen LogP contribution in [0.1, 0.15) is 26.7 Å². The molecule has 0 spiro atoms.